The standard InChI is InChI=1S/C15H14INO/c1-11-3-6-13(16)9-15(11)17-10-12-4-7-14(18-2)8-5-12/h3-10H,1-2H3. The molecule has 0 saturated heterocycles. The van der Waals surface area contributed by atoms with Crippen LogP contribution in [-0.4, -0.2) is 13.3 Å². The first-order chi connectivity index (χ1) is 8.69. The molecule has 92 valence electrons. The van der Waals surface area contributed by atoms with Crippen LogP contribution in [0.3, 0.4) is 0 Å². The van der Waals surface area contributed by atoms with Crippen molar-refractivity contribution in [1.29, 1.82) is 0 Å². The summed E-state index contributed by atoms with van der Waals surface area (Å²) in [4.78, 5) is 4.52. The maximum Gasteiger partial charge on any atom is 0.118 e. The smallest absolute Gasteiger partial charge is 0.118 e. The maximum absolute atomic E-state index is 5.12. The van der Waals surface area contributed by atoms with E-state index in [1.165, 1.54) is 9.13 Å². The first kappa shape index (κ1) is 13.1. The zero-order valence-corrected chi connectivity index (χ0v) is 12.5. The quantitative estimate of drug-likeness (QED) is 0.595. The van der Waals surface area contributed by atoms with E-state index in [-0.39, 0.29) is 0 Å². The fraction of sp³-hybridized carbons (Fsp3) is 0.133. The molecule has 18 heavy (non-hydrogen) atoms. The third-order valence-corrected chi connectivity index (χ3v) is 3.31. The Morgan fingerprint density at radius 1 is 1.11 bits per heavy atom. The summed E-state index contributed by atoms with van der Waals surface area (Å²) in [6, 6.07) is 14.1. The van der Waals surface area contributed by atoms with E-state index in [9.17, 15) is 0 Å². The SMILES string of the molecule is COc1ccc(C=Nc2cc(I)ccc2C)cc1. The van der Waals surface area contributed by atoms with Crippen LogP contribution >= 0.6 is 22.6 Å². The Labute approximate surface area is 121 Å². The molecule has 2 aromatic rings. The van der Waals surface area contributed by atoms with E-state index in [0.717, 1.165) is 17.0 Å². The molecule has 0 amide bonds. The van der Waals surface area contributed by atoms with Gasteiger partial charge >= 0.3 is 0 Å². The molecule has 2 aromatic carbocycles. The van der Waals surface area contributed by atoms with E-state index in [1.807, 2.05) is 30.5 Å². The van der Waals surface area contributed by atoms with Crippen LogP contribution in [-0.2, 0) is 0 Å². The molecule has 0 N–H and O–H groups in total. The third-order valence-electron chi connectivity index (χ3n) is 2.64. The van der Waals surface area contributed by atoms with Gasteiger partial charge in [-0.1, -0.05) is 6.07 Å². The number of methoxy groups -OCH3 is 1. The highest BCUT2D eigenvalue weighted by Gasteiger charge is 1.96. The van der Waals surface area contributed by atoms with Crippen molar-refractivity contribution >= 4 is 34.5 Å². The van der Waals surface area contributed by atoms with Gasteiger partial charge in [-0.05, 0) is 77.0 Å². The number of aliphatic imine (C=N–C) groups is 1. The van der Waals surface area contributed by atoms with Crippen LogP contribution in [0.5, 0.6) is 5.75 Å². The summed E-state index contributed by atoms with van der Waals surface area (Å²) >= 11 is 2.30. The predicted molar refractivity (Wildman–Crippen MR) is 84.1 cm³/mol. The van der Waals surface area contributed by atoms with Crippen LogP contribution in [0.15, 0.2) is 47.5 Å². The highest BCUT2D eigenvalue weighted by molar-refractivity contribution is 14.1. The van der Waals surface area contributed by atoms with Crippen LogP contribution in [0.2, 0.25) is 0 Å². The van der Waals surface area contributed by atoms with Crippen LogP contribution in [0.1, 0.15) is 11.1 Å². The average Bonchev–Trinajstić information content (AvgIpc) is 2.40. The number of aryl methyl sites for hydroxylation is 1. The van der Waals surface area contributed by atoms with Crippen molar-refractivity contribution in [2.45, 2.75) is 6.92 Å². The molecule has 2 nitrogen and oxygen atoms in total. The minimum absolute atomic E-state index is 0.859. The molecular weight excluding hydrogens is 337 g/mol. The molecule has 0 unspecified atom stereocenters. The molecule has 3 heteroatoms. The van der Waals surface area contributed by atoms with Gasteiger partial charge in [-0.2, -0.15) is 0 Å². The lowest BCUT2D eigenvalue weighted by Gasteiger charge is -2.01. The minimum atomic E-state index is 0.859. The second-order valence-corrected chi connectivity index (χ2v) is 5.21. The van der Waals surface area contributed by atoms with Crippen LogP contribution in [0.25, 0.3) is 0 Å². The van der Waals surface area contributed by atoms with Gasteiger partial charge in [-0.25, -0.2) is 0 Å². The van der Waals surface area contributed by atoms with Crippen molar-refractivity contribution in [3.05, 3.63) is 57.2 Å². The van der Waals surface area contributed by atoms with Gasteiger partial charge in [0.15, 0.2) is 0 Å². The lowest BCUT2D eigenvalue weighted by molar-refractivity contribution is 0.415. The summed E-state index contributed by atoms with van der Waals surface area (Å²) in [5.41, 5.74) is 3.26. The summed E-state index contributed by atoms with van der Waals surface area (Å²) in [6.07, 6.45) is 1.87. The Morgan fingerprint density at radius 3 is 2.50 bits per heavy atom. The highest BCUT2D eigenvalue weighted by Crippen LogP contribution is 2.21. The van der Waals surface area contributed by atoms with Crippen molar-refractivity contribution in [2.75, 3.05) is 7.11 Å². The molecule has 2 rings (SSSR count). The van der Waals surface area contributed by atoms with Gasteiger partial charge in [-0.15, -0.1) is 0 Å². The fourth-order valence-corrected chi connectivity index (χ4v) is 2.03. The highest BCUT2D eigenvalue weighted by atomic mass is 127. The number of nitrogens with zero attached hydrogens (tertiary/aromatic N) is 1. The second-order valence-electron chi connectivity index (χ2n) is 3.96. The van der Waals surface area contributed by atoms with Crippen molar-refractivity contribution in [3.63, 3.8) is 0 Å². The molecule has 0 aliphatic rings. The number of rotatable bonds is 3. The van der Waals surface area contributed by atoms with E-state index in [1.54, 1.807) is 7.11 Å². The van der Waals surface area contributed by atoms with Gasteiger partial charge in [0, 0.05) is 9.78 Å². The normalized spacial score (nSPS) is 10.8. The van der Waals surface area contributed by atoms with Gasteiger partial charge < -0.3 is 4.74 Å². The van der Waals surface area contributed by atoms with E-state index in [2.05, 4.69) is 52.7 Å². The second kappa shape index (κ2) is 6.00. The number of benzene rings is 2. The van der Waals surface area contributed by atoms with Crippen molar-refractivity contribution < 1.29 is 4.74 Å². The van der Waals surface area contributed by atoms with Crippen molar-refractivity contribution in [1.82, 2.24) is 0 Å². The van der Waals surface area contributed by atoms with Crippen molar-refractivity contribution in [2.24, 2.45) is 4.99 Å². The van der Waals surface area contributed by atoms with E-state index >= 15 is 0 Å². The Morgan fingerprint density at radius 2 is 1.83 bits per heavy atom. The number of hydrogen-bond acceptors (Lipinski definition) is 2. The van der Waals surface area contributed by atoms with Crippen LogP contribution < -0.4 is 4.74 Å². The Balaban J connectivity index is 2.21. The molecule has 0 aliphatic heterocycles. The summed E-state index contributed by atoms with van der Waals surface area (Å²) in [6.45, 7) is 2.07. The van der Waals surface area contributed by atoms with Crippen molar-refractivity contribution in [3.8, 4) is 5.75 Å². The van der Waals surface area contributed by atoms with Crippen LogP contribution in [0.4, 0.5) is 5.69 Å². The molecule has 0 saturated carbocycles. The molecule has 0 heterocycles. The number of hydrogen-bond donors (Lipinski definition) is 0. The lowest BCUT2D eigenvalue weighted by atomic mass is 10.2. The molecule has 0 aromatic heterocycles. The lowest BCUT2D eigenvalue weighted by Crippen LogP contribution is -1.85. The van der Waals surface area contributed by atoms with Gasteiger partial charge in [-0.3, -0.25) is 4.99 Å². The first-order valence-corrected chi connectivity index (χ1v) is 6.71. The topological polar surface area (TPSA) is 21.6 Å². The number of ether oxygens (including phenoxy) is 1. The van der Waals surface area contributed by atoms with E-state index in [0.29, 0.717) is 0 Å². The average molecular weight is 351 g/mol. The molecule has 0 bridgehead atoms. The maximum atomic E-state index is 5.12. The van der Waals surface area contributed by atoms with E-state index in [4.69, 9.17) is 4.74 Å². The van der Waals surface area contributed by atoms with E-state index < -0.39 is 0 Å². The summed E-state index contributed by atoms with van der Waals surface area (Å²) < 4.78 is 6.32. The predicted octanol–water partition coefficient (Wildman–Crippen LogP) is 4.36. The zero-order valence-electron chi connectivity index (χ0n) is 10.4. The molecule has 0 atom stereocenters. The molecule has 0 spiro atoms. The Bertz CT molecular complexity index is 561. The Hall–Kier alpha value is -1.36. The fourth-order valence-electron chi connectivity index (χ4n) is 1.56. The van der Waals surface area contributed by atoms with Gasteiger partial charge in [0.1, 0.15) is 5.75 Å². The summed E-state index contributed by atoms with van der Waals surface area (Å²) in [5, 5.41) is 0. The minimum Gasteiger partial charge on any atom is -0.497 e. The van der Waals surface area contributed by atoms with Crippen LogP contribution in [0, 0.1) is 10.5 Å². The molecular formula is C15H14INO. The van der Waals surface area contributed by atoms with Gasteiger partial charge in [0.25, 0.3) is 0 Å². The third kappa shape index (κ3) is 3.32. The zero-order chi connectivity index (χ0) is 13.0. The monoisotopic (exact) mass is 351 g/mol. The summed E-state index contributed by atoms with van der Waals surface area (Å²) in [7, 11) is 1.67. The first-order valence-electron chi connectivity index (χ1n) is 5.63. The van der Waals surface area contributed by atoms with Gasteiger partial charge in [0.2, 0.25) is 0 Å². The number of halogens is 1. The largest absolute Gasteiger partial charge is 0.497 e. The van der Waals surface area contributed by atoms with Gasteiger partial charge in [0.05, 0.1) is 12.8 Å². The summed E-state index contributed by atoms with van der Waals surface area (Å²) in [5.74, 6) is 0.859. The Kier molecular flexibility index (Phi) is 4.36. The molecule has 0 aliphatic carbocycles. The molecule has 0 radical (unpaired) electrons. The molecule has 0 fully saturated rings.